The quantitative estimate of drug-likeness (QED) is 0.770. The summed E-state index contributed by atoms with van der Waals surface area (Å²) in [5, 5.41) is 5.82. The number of hydrogen-bond acceptors (Lipinski definition) is 4. The van der Waals surface area contributed by atoms with E-state index in [2.05, 4.69) is 10.3 Å². The van der Waals surface area contributed by atoms with Gasteiger partial charge in [0.15, 0.2) is 5.13 Å². The number of nitrogens with zero attached hydrogens (tertiary/aromatic N) is 2. The molecule has 0 atom stereocenters. The molecule has 0 fully saturated rings. The van der Waals surface area contributed by atoms with Crippen LogP contribution in [0.25, 0.3) is 10.9 Å². The average molecular weight is 300 g/mol. The van der Waals surface area contributed by atoms with Crippen LogP contribution in [0.5, 0.6) is 0 Å². The van der Waals surface area contributed by atoms with Gasteiger partial charge in [0.1, 0.15) is 6.54 Å². The summed E-state index contributed by atoms with van der Waals surface area (Å²) in [6, 6.07) is 7.38. The minimum Gasteiger partial charge on any atom is -0.368 e. The zero-order chi connectivity index (χ0) is 14.8. The maximum atomic E-state index is 12.4. The highest BCUT2D eigenvalue weighted by Gasteiger charge is 2.16. The lowest BCUT2D eigenvalue weighted by Gasteiger charge is -2.00. The third-order valence-electron chi connectivity index (χ3n) is 3.01. The van der Waals surface area contributed by atoms with Gasteiger partial charge >= 0.3 is 0 Å². The van der Waals surface area contributed by atoms with E-state index in [0.717, 1.165) is 10.9 Å². The Morgan fingerprint density at radius 3 is 2.86 bits per heavy atom. The van der Waals surface area contributed by atoms with Gasteiger partial charge in [0.05, 0.1) is 5.56 Å². The summed E-state index contributed by atoms with van der Waals surface area (Å²) in [6.45, 7) is 0.0328. The van der Waals surface area contributed by atoms with Gasteiger partial charge in [0, 0.05) is 28.7 Å². The summed E-state index contributed by atoms with van der Waals surface area (Å²) < 4.78 is 1.68. The van der Waals surface area contributed by atoms with Crippen molar-refractivity contribution in [3.05, 3.63) is 47.6 Å². The molecule has 0 radical (unpaired) electrons. The van der Waals surface area contributed by atoms with Crippen LogP contribution in [0.4, 0.5) is 5.13 Å². The molecule has 21 heavy (non-hydrogen) atoms. The minimum atomic E-state index is -0.456. The molecule has 0 aliphatic carbocycles. The van der Waals surface area contributed by atoms with E-state index in [1.807, 2.05) is 24.3 Å². The Balaban J connectivity index is 2.01. The molecular formula is C14H12N4O2S. The van der Waals surface area contributed by atoms with Gasteiger partial charge in [-0.25, -0.2) is 4.98 Å². The summed E-state index contributed by atoms with van der Waals surface area (Å²) in [6.07, 6.45) is 3.26. The zero-order valence-corrected chi connectivity index (χ0v) is 11.8. The first-order valence-corrected chi connectivity index (χ1v) is 7.10. The van der Waals surface area contributed by atoms with Crippen LogP contribution in [0.3, 0.4) is 0 Å². The molecule has 0 saturated carbocycles. The van der Waals surface area contributed by atoms with Crippen molar-refractivity contribution in [2.75, 3.05) is 5.32 Å². The van der Waals surface area contributed by atoms with Gasteiger partial charge in [-0.15, -0.1) is 11.3 Å². The van der Waals surface area contributed by atoms with Gasteiger partial charge < -0.3 is 10.3 Å². The summed E-state index contributed by atoms with van der Waals surface area (Å²) in [4.78, 5) is 27.5. The lowest BCUT2D eigenvalue weighted by atomic mass is 10.1. The van der Waals surface area contributed by atoms with Crippen molar-refractivity contribution in [2.24, 2.45) is 5.73 Å². The predicted molar refractivity (Wildman–Crippen MR) is 81.2 cm³/mol. The number of carbonyl (C=O) groups is 2. The second kappa shape index (κ2) is 5.37. The number of thiazole rings is 1. The van der Waals surface area contributed by atoms with E-state index in [1.165, 1.54) is 11.3 Å². The van der Waals surface area contributed by atoms with Crippen molar-refractivity contribution in [1.82, 2.24) is 9.55 Å². The van der Waals surface area contributed by atoms with E-state index in [9.17, 15) is 9.59 Å². The summed E-state index contributed by atoms with van der Waals surface area (Å²) in [5.41, 5.74) is 6.52. The highest BCUT2D eigenvalue weighted by molar-refractivity contribution is 7.13. The predicted octanol–water partition coefficient (Wildman–Crippen LogP) is 1.84. The number of primary amides is 1. The highest BCUT2D eigenvalue weighted by atomic mass is 32.1. The molecule has 0 bridgehead atoms. The van der Waals surface area contributed by atoms with E-state index in [0.29, 0.717) is 10.7 Å². The van der Waals surface area contributed by atoms with Crippen molar-refractivity contribution >= 4 is 39.2 Å². The summed E-state index contributed by atoms with van der Waals surface area (Å²) in [7, 11) is 0. The standard InChI is InChI=1S/C14H12N4O2S/c15-12(19)8-18-7-10(9-3-1-2-4-11(9)18)13(20)17-14-16-5-6-21-14/h1-7H,8H2,(H2,15,19)(H,16,17,20). The lowest BCUT2D eigenvalue weighted by Crippen LogP contribution is -2.18. The molecule has 3 aromatic rings. The topological polar surface area (TPSA) is 90.0 Å². The second-order valence-corrected chi connectivity index (χ2v) is 5.34. The number of benzene rings is 1. The molecule has 7 heteroatoms. The normalized spacial score (nSPS) is 10.7. The van der Waals surface area contributed by atoms with E-state index in [-0.39, 0.29) is 12.5 Å². The molecule has 0 aliphatic heterocycles. The minimum absolute atomic E-state index is 0.0328. The Bertz CT molecular complexity index is 808. The Morgan fingerprint density at radius 2 is 2.14 bits per heavy atom. The molecule has 0 spiro atoms. The van der Waals surface area contributed by atoms with Crippen LogP contribution in [0.15, 0.2) is 42.0 Å². The Morgan fingerprint density at radius 1 is 1.33 bits per heavy atom. The van der Waals surface area contributed by atoms with E-state index in [4.69, 9.17) is 5.73 Å². The fourth-order valence-electron chi connectivity index (χ4n) is 2.18. The molecule has 2 aromatic heterocycles. The highest BCUT2D eigenvalue weighted by Crippen LogP contribution is 2.22. The van der Waals surface area contributed by atoms with Crippen molar-refractivity contribution in [1.29, 1.82) is 0 Å². The lowest BCUT2D eigenvalue weighted by molar-refractivity contribution is -0.118. The fourth-order valence-corrected chi connectivity index (χ4v) is 2.70. The first-order valence-electron chi connectivity index (χ1n) is 6.22. The van der Waals surface area contributed by atoms with Crippen LogP contribution in [0, 0.1) is 0 Å². The van der Waals surface area contributed by atoms with Crippen molar-refractivity contribution in [3.63, 3.8) is 0 Å². The molecule has 106 valence electrons. The number of anilines is 1. The zero-order valence-electron chi connectivity index (χ0n) is 10.9. The van der Waals surface area contributed by atoms with Crippen LogP contribution in [-0.4, -0.2) is 21.4 Å². The molecule has 0 unspecified atom stereocenters. The number of fused-ring (bicyclic) bond motifs is 1. The van der Waals surface area contributed by atoms with Crippen molar-refractivity contribution in [3.8, 4) is 0 Å². The number of amides is 2. The maximum Gasteiger partial charge on any atom is 0.259 e. The van der Waals surface area contributed by atoms with Crippen LogP contribution < -0.4 is 11.1 Å². The van der Waals surface area contributed by atoms with Gasteiger partial charge in [0.25, 0.3) is 5.91 Å². The van der Waals surface area contributed by atoms with Gasteiger partial charge in [0.2, 0.25) is 5.91 Å². The van der Waals surface area contributed by atoms with E-state index < -0.39 is 5.91 Å². The molecule has 0 aliphatic rings. The molecule has 2 heterocycles. The van der Waals surface area contributed by atoms with Crippen molar-refractivity contribution in [2.45, 2.75) is 6.54 Å². The van der Waals surface area contributed by atoms with Crippen LogP contribution in [0.1, 0.15) is 10.4 Å². The first kappa shape index (κ1) is 13.3. The monoisotopic (exact) mass is 300 g/mol. The van der Waals surface area contributed by atoms with Crippen LogP contribution in [-0.2, 0) is 11.3 Å². The number of rotatable bonds is 4. The molecule has 1 aromatic carbocycles. The average Bonchev–Trinajstić information content (AvgIpc) is 3.07. The largest absolute Gasteiger partial charge is 0.368 e. The number of para-hydroxylation sites is 1. The number of hydrogen-bond donors (Lipinski definition) is 2. The third kappa shape index (κ3) is 2.63. The van der Waals surface area contributed by atoms with E-state index >= 15 is 0 Å². The summed E-state index contributed by atoms with van der Waals surface area (Å²) >= 11 is 1.34. The SMILES string of the molecule is NC(=O)Cn1cc(C(=O)Nc2nccs2)c2ccccc21. The maximum absolute atomic E-state index is 12.4. The fraction of sp³-hybridized carbons (Fsp3) is 0.0714. The number of nitrogens with two attached hydrogens (primary N) is 1. The number of aromatic nitrogens is 2. The molecule has 3 rings (SSSR count). The molecule has 3 N–H and O–H groups in total. The Hall–Kier alpha value is -2.67. The molecule has 2 amide bonds. The third-order valence-corrected chi connectivity index (χ3v) is 3.70. The number of carbonyl (C=O) groups excluding carboxylic acids is 2. The van der Waals surface area contributed by atoms with E-state index in [1.54, 1.807) is 22.3 Å². The Labute approximate surface area is 124 Å². The molecular weight excluding hydrogens is 288 g/mol. The van der Waals surface area contributed by atoms with Gasteiger partial charge in [-0.2, -0.15) is 0 Å². The Kier molecular flexibility index (Phi) is 3.41. The van der Waals surface area contributed by atoms with Gasteiger partial charge in [-0.3, -0.25) is 14.9 Å². The van der Waals surface area contributed by atoms with Crippen LogP contribution in [0.2, 0.25) is 0 Å². The van der Waals surface area contributed by atoms with Crippen LogP contribution >= 0.6 is 11.3 Å². The number of nitrogens with one attached hydrogen (secondary N) is 1. The first-order chi connectivity index (χ1) is 10.1. The molecule has 0 saturated heterocycles. The van der Waals surface area contributed by atoms with Gasteiger partial charge in [-0.05, 0) is 6.07 Å². The summed E-state index contributed by atoms with van der Waals surface area (Å²) in [5.74, 6) is -0.716. The smallest absolute Gasteiger partial charge is 0.259 e. The van der Waals surface area contributed by atoms with Gasteiger partial charge in [-0.1, -0.05) is 18.2 Å². The molecule has 6 nitrogen and oxygen atoms in total. The van der Waals surface area contributed by atoms with Crippen molar-refractivity contribution < 1.29 is 9.59 Å². The second-order valence-electron chi connectivity index (χ2n) is 4.45.